The lowest BCUT2D eigenvalue weighted by Crippen LogP contribution is -1.97. The molecule has 0 aliphatic heterocycles. The largest absolute Gasteiger partial charge is 0.393 e. The van der Waals surface area contributed by atoms with Gasteiger partial charge in [-0.3, -0.25) is 10.1 Å². The van der Waals surface area contributed by atoms with Crippen molar-refractivity contribution in [3.8, 4) is 0 Å². The van der Waals surface area contributed by atoms with Gasteiger partial charge in [0.05, 0.1) is 10.6 Å². The van der Waals surface area contributed by atoms with Crippen molar-refractivity contribution in [2.24, 2.45) is 0 Å². The average Bonchev–Trinajstić information content (AvgIpc) is 2.57. The molecule has 6 nitrogen and oxygen atoms in total. The van der Waals surface area contributed by atoms with Crippen LogP contribution in [0.2, 0.25) is 0 Å². The van der Waals surface area contributed by atoms with E-state index in [4.69, 9.17) is 5.73 Å². The highest BCUT2D eigenvalue weighted by atomic mass is 32.1. The first-order valence-corrected chi connectivity index (χ1v) is 6.04. The van der Waals surface area contributed by atoms with Crippen LogP contribution in [-0.4, -0.2) is 9.91 Å². The van der Waals surface area contributed by atoms with Crippen molar-refractivity contribution in [2.75, 3.05) is 11.1 Å². The molecule has 1 aromatic carbocycles. The summed E-state index contributed by atoms with van der Waals surface area (Å²) in [6.07, 6.45) is 0. The topological polar surface area (TPSA) is 94.1 Å². The number of hydrogen-bond acceptors (Lipinski definition) is 6. The quantitative estimate of drug-likeness (QED) is 0.505. The molecule has 0 bridgehead atoms. The number of nitro groups is 1. The molecule has 0 saturated carbocycles. The Morgan fingerprint density at radius 1 is 1.44 bits per heavy atom. The zero-order valence-electron chi connectivity index (χ0n) is 9.93. The smallest absolute Gasteiger partial charge is 0.292 e. The average molecular weight is 264 g/mol. The highest BCUT2D eigenvalue weighted by Gasteiger charge is 2.12. The van der Waals surface area contributed by atoms with E-state index in [0.29, 0.717) is 5.69 Å². The Morgan fingerprint density at radius 2 is 2.17 bits per heavy atom. The van der Waals surface area contributed by atoms with Gasteiger partial charge in [-0.15, -0.1) is 11.3 Å². The number of nitrogens with one attached hydrogen (secondary N) is 1. The number of nitrogen functional groups attached to an aromatic ring is 1. The zero-order chi connectivity index (χ0) is 13.3. The number of nitro benzene ring substituents is 1. The monoisotopic (exact) mass is 264 g/mol. The maximum absolute atomic E-state index is 10.6. The van der Waals surface area contributed by atoms with Crippen molar-refractivity contribution >= 4 is 33.5 Å². The standard InChI is InChI=1S/C11H12N4O2S/c1-6-7(2)18-11(13-6)14-8-3-4-10(15(16)17)9(12)5-8/h3-5H,12H2,1-2H3,(H,13,14). The minimum absolute atomic E-state index is 0.0907. The molecule has 0 aliphatic rings. The Labute approximate surface area is 108 Å². The van der Waals surface area contributed by atoms with E-state index in [0.717, 1.165) is 15.7 Å². The Kier molecular flexibility index (Phi) is 3.15. The van der Waals surface area contributed by atoms with Crippen molar-refractivity contribution in [1.29, 1.82) is 0 Å². The molecule has 0 fully saturated rings. The summed E-state index contributed by atoms with van der Waals surface area (Å²) in [7, 11) is 0. The predicted octanol–water partition coefficient (Wildman–Crippen LogP) is 2.99. The van der Waals surface area contributed by atoms with Crippen LogP contribution in [0.5, 0.6) is 0 Å². The molecule has 3 N–H and O–H groups in total. The lowest BCUT2D eigenvalue weighted by atomic mass is 10.2. The van der Waals surface area contributed by atoms with Crippen molar-refractivity contribution < 1.29 is 4.92 Å². The second kappa shape index (κ2) is 4.61. The third-order valence-corrected chi connectivity index (χ3v) is 3.49. The molecular formula is C11H12N4O2S. The molecule has 1 aromatic heterocycles. The second-order valence-electron chi connectivity index (χ2n) is 3.82. The number of thiazole rings is 1. The van der Waals surface area contributed by atoms with E-state index in [-0.39, 0.29) is 11.4 Å². The number of aromatic nitrogens is 1. The lowest BCUT2D eigenvalue weighted by molar-refractivity contribution is -0.383. The Morgan fingerprint density at radius 3 is 2.67 bits per heavy atom. The number of nitrogens with zero attached hydrogens (tertiary/aromatic N) is 2. The van der Waals surface area contributed by atoms with Gasteiger partial charge < -0.3 is 11.1 Å². The van der Waals surface area contributed by atoms with Crippen LogP contribution >= 0.6 is 11.3 Å². The van der Waals surface area contributed by atoms with E-state index in [1.165, 1.54) is 23.5 Å². The highest BCUT2D eigenvalue weighted by molar-refractivity contribution is 7.15. The number of benzene rings is 1. The lowest BCUT2D eigenvalue weighted by Gasteiger charge is -2.03. The van der Waals surface area contributed by atoms with Gasteiger partial charge in [-0.05, 0) is 26.0 Å². The maximum atomic E-state index is 10.6. The molecule has 18 heavy (non-hydrogen) atoms. The minimum Gasteiger partial charge on any atom is -0.393 e. The third kappa shape index (κ3) is 2.40. The zero-order valence-corrected chi connectivity index (χ0v) is 10.7. The van der Waals surface area contributed by atoms with E-state index in [1.54, 1.807) is 6.07 Å². The first-order valence-electron chi connectivity index (χ1n) is 5.22. The van der Waals surface area contributed by atoms with Gasteiger partial charge in [-0.1, -0.05) is 0 Å². The summed E-state index contributed by atoms with van der Waals surface area (Å²) in [5.74, 6) is 0. The van der Waals surface area contributed by atoms with Crippen LogP contribution in [0.25, 0.3) is 0 Å². The Balaban J connectivity index is 2.25. The fourth-order valence-electron chi connectivity index (χ4n) is 1.45. The van der Waals surface area contributed by atoms with Crippen LogP contribution in [-0.2, 0) is 0 Å². The van der Waals surface area contributed by atoms with Crippen molar-refractivity contribution in [2.45, 2.75) is 13.8 Å². The van der Waals surface area contributed by atoms with Crippen LogP contribution in [0.3, 0.4) is 0 Å². The molecule has 0 amide bonds. The summed E-state index contributed by atoms with van der Waals surface area (Å²) in [4.78, 5) is 15.6. The van der Waals surface area contributed by atoms with Crippen LogP contribution in [0.15, 0.2) is 18.2 Å². The van der Waals surface area contributed by atoms with Crippen LogP contribution in [0.1, 0.15) is 10.6 Å². The van der Waals surface area contributed by atoms with Crippen molar-refractivity contribution in [1.82, 2.24) is 4.98 Å². The van der Waals surface area contributed by atoms with Gasteiger partial charge in [0, 0.05) is 16.6 Å². The fourth-order valence-corrected chi connectivity index (χ4v) is 2.28. The van der Waals surface area contributed by atoms with E-state index in [2.05, 4.69) is 10.3 Å². The highest BCUT2D eigenvalue weighted by Crippen LogP contribution is 2.29. The summed E-state index contributed by atoms with van der Waals surface area (Å²) in [6.45, 7) is 3.92. The number of nitrogens with two attached hydrogens (primary N) is 1. The molecule has 0 unspecified atom stereocenters. The SMILES string of the molecule is Cc1nc(Nc2ccc([N+](=O)[O-])c(N)c2)sc1C. The van der Waals surface area contributed by atoms with E-state index < -0.39 is 4.92 Å². The molecule has 0 saturated heterocycles. The first kappa shape index (κ1) is 12.3. The minimum atomic E-state index is -0.503. The van der Waals surface area contributed by atoms with E-state index >= 15 is 0 Å². The summed E-state index contributed by atoms with van der Waals surface area (Å²) in [5.41, 5.74) is 7.31. The molecule has 2 rings (SSSR count). The number of rotatable bonds is 3. The number of aryl methyl sites for hydroxylation is 2. The molecular weight excluding hydrogens is 252 g/mol. The van der Waals surface area contributed by atoms with Gasteiger partial charge in [0.2, 0.25) is 0 Å². The van der Waals surface area contributed by atoms with Crippen LogP contribution < -0.4 is 11.1 Å². The summed E-state index contributed by atoms with van der Waals surface area (Å²) in [5, 5.41) is 14.5. The molecule has 94 valence electrons. The first-order chi connectivity index (χ1) is 8.47. The maximum Gasteiger partial charge on any atom is 0.292 e. The molecule has 0 atom stereocenters. The van der Waals surface area contributed by atoms with Gasteiger partial charge in [0.15, 0.2) is 5.13 Å². The molecule has 0 spiro atoms. The van der Waals surface area contributed by atoms with E-state index in [9.17, 15) is 10.1 Å². The van der Waals surface area contributed by atoms with E-state index in [1.807, 2.05) is 13.8 Å². The predicted molar refractivity (Wildman–Crippen MR) is 72.4 cm³/mol. The van der Waals surface area contributed by atoms with Crippen LogP contribution in [0.4, 0.5) is 22.2 Å². The van der Waals surface area contributed by atoms with Crippen LogP contribution in [0, 0.1) is 24.0 Å². The van der Waals surface area contributed by atoms with Gasteiger partial charge >= 0.3 is 0 Å². The molecule has 2 aromatic rings. The summed E-state index contributed by atoms with van der Waals surface area (Å²) < 4.78 is 0. The van der Waals surface area contributed by atoms with Gasteiger partial charge in [-0.25, -0.2) is 4.98 Å². The molecule has 0 aliphatic carbocycles. The Bertz CT molecular complexity index is 590. The van der Waals surface area contributed by atoms with Crippen molar-refractivity contribution in [3.63, 3.8) is 0 Å². The molecule has 7 heteroatoms. The normalized spacial score (nSPS) is 10.3. The summed E-state index contributed by atoms with van der Waals surface area (Å²) in [6, 6.07) is 4.52. The number of anilines is 3. The van der Waals surface area contributed by atoms with Gasteiger partial charge in [0.25, 0.3) is 5.69 Å². The van der Waals surface area contributed by atoms with Gasteiger partial charge in [0.1, 0.15) is 5.69 Å². The second-order valence-corrected chi connectivity index (χ2v) is 5.02. The van der Waals surface area contributed by atoms with Gasteiger partial charge in [-0.2, -0.15) is 0 Å². The molecule has 1 heterocycles. The fraction of sp³-hybridized carbons (Fsp3) is 0.182. The molecule has 0 radical (unpaired) electrons. The number of hydrogen-bond donors (Lipinski definition) is 2. The Hall–Kier alpha value is -2.15. The third-order valence-electron chi connectivity index (χ3n) is 2.50. The van der Waals surface area contributed by atoms with Crippen molar-refractivity contribution in [3.05, 3.63) is 38.9 Å². The summed E-state index contributed by atoms with van der Waals surface area (Å²) >= 11 is 1.53.